The number of nitrogens with zero attached hydrogens (tertiary/aromatic N) is 3. The molecule has 6 nitrogen and oxygen atoms in total. The highest BCUT2D eigenvalue weighted by molar-refractivity contribution is 6.11. The van der Waals surface area contributed by atoms with E-state index in [9.17, 15) is 0 Å². The molecule has 0 aliphatic carbocycles. The second kappa shape index (κ2) is 11.4. The Kier molecular flexibility index (Phi) is 9.17. The SMILES string of the molecule is CCCCC(C)C(C)NC(=NC)N(C)/N=C(\C)c1c[nH]c2cc(C)c(OC(C)C)c(C)c12.[HH].[HH].[HH].[HH].[HH].[HH].[HH].[HH].[HH].[HH].[HH].[HH].[HH].[HH].[HH].[HH].[HH].[HH].[HH].[HH].[HH].[HH].[HH].[HH].[HH].[HH].[HH].[HH].[HH].[HH].[HH].[HH].[HH].[HH].[HH].[HH].[HH].[HH].[HH].[HH].[HH].[HH].[HH].[HH].[HH].[HH].[HH].[HH].[HH].[HH].[HH].[HH].[HH].[HH].[HH].[HH].[HH].[HH].[HH].[HH].[HH].[HH].[HH].[HH].[HH].[HH].[HH].[HH].[HH].[HH].[HH].[HH].[HH].[HH].[HH].[HH].[HH].[HH].[HH].[HH]. The van der Waals surface area contributed by atoms with Gasteiger partial charge in [0.15, 0.2) is 0 Å². The molecule has 32 heavy (non-hydrogen) atoms. The van der Waals surface area contributed by atoms with Crippen LogP contribution in [0.2, 0.25) is 0 Å². The number of aryl methyl sites for hydroxylation is 2. The van der Waals surface area contributed by atoms with Crippen LogP contribution in [0.5, 0.6) is 5.75 Å². The number of aliphatic imine (C=N–C) groups is 1. The fourth-order valence-electron chi connectivity index (χ4n) is 4.10. The van der Waals surface area contributed by atoms with Crippen molar-refractivity contribution in [1.82, 2.24) is 15.3 Å². The van der Waals surface area contributed by atoms with Crippen molar-refractivity contribution in [2.24, 2.45) is 16.0 Å². The highest BCUT2D eigenvalue weighted by atomic mass is 16.5. The van der Waals surface area contributed by atoms with Crippen molar-refractivity contribution in [3.8, 4) is 5.75 Å². The fourth-order valence-corrected chi connectivity index (χ4v) is 4.10. The molecule has 1 aromatic carbocycles. The van der Waals surface area contributed by atoms with Gasteiger partial charge in [-0.2, -0.15) is 5.10 Å². The molecule has 2 aromatic rings. The Balaban J connectivity index is -0.00000000177. The normalized spacial score (nSPS) is 14.7. The fraction of sp³-hybridized carbons (Fsp3) is 0.615. The largest absolute Gasteiger partial charge is 0.490 e. The molecule has 1 aromatic heterocycles. The number of hydrogen-bond acceptors (Lipinski definition) is 3. The quantitative estimate of drug-likeness (QED) is 0.170. The van der Waals surface area contributed by atoms with Crippen molar-refractivity contribution in [3.63, 3.8) is 0 Å². The van der Waals surface area contributed by atoms with Gasteiger partial charge in [-0.25, -0.2) is 5.01 Å². The monoisotopic (exact) mass is 603 g/mol. The van der Waals surface area contributed by atoms with Gasteiger partial charge in [-0.05, 0) is 65.5 Å². The highest BCUT2D eigenvalue weighted by Crippen LogP contribution is 2.34. The van der Waals surface area contributed by atoms with Crippen molar-refractivity contribution in [2.75, 3.05) is 14.1 Å². The lowest BCUT2D eigenvalue weighted by atomic mass is 9.97. The molecule has 338 valence electrons. The van der Waals surface area contributed by atoms with Gasteiger partial charge in [0.25, 0.3) is 0 Å². The summed E-state index contributed by atoms with van der Waals surface area (Å²) in [6, 6.07) is 2.48. The van der Waals surface area contributed by atoms with Gasteiger partial charge in [-0.1, -0.05) is 26.7 Å². The second-order valence-electron chi connectivity index (χ2n) is 9.25. The van der Waals surface area contributed by atoms with Crippen molar-refractivity contribution >= 4 is 22.6 Å². The van der Waals surface area contributed by atoms with Crippen LogP contribution in [0.15, 0.2) is 22.4 Å². The van der Waals surface area contributed by atoms with Crippen molar-refractivity contribution in [3.05, 3.63) is 29.0 Å². The van der Waals surface area contributed by atoms with E-state index in [4.69, 9.17) is 9.84 Å². The first-order valence-corrected chi connectivity index (χ1v) is 11.9. The number of ether oxygens (including phenoxy) is 1. The van der Waals surface area contributed by atoms with Crippen molar-refractivity contribution in [2.45, 2.75) is 86.8 Å². The second-order valence-corrected chi connectivity index (χ2v) is 9.25. The number of guanidine groups is 1. The Morgan fingerprint density at radius 1 is 1.25 bits per heavy atom. The van der Waals surface area contributed by atoms with Gasteiger partial charge in [0, 0.05) is 162 Å². The number of nitrogens with one attached hydrogen (secondary N) is 2. The lowest BCUT2D eigenvalue weighted by Crippen LogP contribution is -2.44. The number of rotatable bonds is 9. The van der Waals surface area contributed by atoms with Gasteiger partial charge in [-0.15, -0.1) is 0 Å². The third-order valence-electron chi connectivity index (χ3n) is 6.13. The van der Waals surface area contributed by atoms with Gasteiger partial charge in [0.1, 0.15) is 5.75 Å². The molecule has 0 saturated heterocycles. The first-order valence-electron chi connectivity index (χ1n) is 11.9. The number of fused-ring (bicyclic) bond motifs is 1. The molecule has 0 radical (unpaired) electrons. The summed E-state index contributed by atoms with van der Waals surface area (Å²) in [5.41, 5.74) is 5.39. The molecule has 6 heteroatoms. The molecular formula is C26H203N5O. The molecule has 0 amide bonds. The van der Waals surface area contributed by atoms with Gasteiger partial charge in [-0.3, -0.25) is 4.99 Å². The van der Waals surface area contributed by atoms with Crippen LogP contribution in [0.25, 0.3) is 10.9 Å². The molecule has 2 rings (SSSR count). The van der Waals surface area contributed by atoms with Crippen LogP contribution >= 0.6 is 0 Å². The van der Waals surface area contributed by atoms with Crippen LogP contribution in [0.3, 0.4) is 0 Å². The van der Waals surface area contributed by atoms with Crippen LogP contribution < -0.4 is 10.1 Å². The van der Waals surface area contributed by atoms with E-state index >= 15 is 0 Å². The molecule has 0 aliphatic heterocycles. The topological polar surface area (TPSA) is 65.0 Å². The minimum Gasteiger partial charge on any atom is -0.490 e. The predicted molar refractivity (Wildman–Crippen MR) is 307 cm³/mol. The van der Waals surface area contributed by atoms with Crippen LogP contribution in [-0.4, -0.2) is 47.9 Å². The lowest BCUT2D eigenvalue weighted by molar-refractivity contribution is 0.239. The Hall–Kier alpha value is -2.50. The van der Waals surface area contributed by atoms with E-state index in [2.05, 4.69) is 69.8 Å². The van der Waals surface area contributed by atoms with Gasteiger partial charge < -0.3 is 15.0 Å². The molecule has 2 N–H and O–H groups in total. The summed E-state index contributed by atoms with van der Waals surface area (Å²) in [5.74, 6) is 2.31. The first-order chi connectivity index (χ1) is 15.1. The zero-order valence-corrected chi connectivity index (χ0v) is 21.8. The molecule has 2 unspecified atom stereocenters. The Morgan fingerprint density at radius 2 is 1.94 bits per heavy atom. The average Bonchev–Trinajstić information content (AvgIpc) is 3.16. The summed E-state index contributed by atoms with van der Waals surface area (Å²) in [7, 11) is 3.75. The molecule has 0 saturated carbocycles. The van der Waals surface area contributed by atoms with E-state index < -0.39 is 0 Å². The summed E-state index contributed by atoms with van der Waals surface area (Å²) in [4.78, 5) is 7.87. The molecule has 1 heterocycles. The van der Waals surface area contributed by atoms with E-state index in [1.165, 1.54) is 19.3 Å². The minimum atomic E-state index is 0. The third kappa shape index (κ3) is 6.05. The lowest BCUT2D eigenvalue weighted by Gasteiger charge is -2.26. The van der Waals surface area contributed by atoms with E-state index in [0.29, 0.717) is 12.0 Å². The molecule has 0 fully saturated rings. The van der Waals surface area contributed by atoms with E-state index in [1.807, 2.05) is 25.2 Å². The third-order valence-corrected chi connectivity index (χ3v) is 6.13. The summed E-state index contributed by atoms with van der Waals surface area (Å²) < 4.78 is 6.13. The molecule has 0 aliphatic rings. The summed E-state index contributed by atoms with van der Waals surface area (Å²) in [6.07, 6.45) is 5.85. The summed E-state index contributed by atoms with van der Waals surface area (Å²) >= 11 is 0. The average molecular weight is 603 g/mol. The van der Waals surface area contributed by atoms with Crippen LogP contribution in [0, 0.1) is 19.8 Å². The Morgan fingerprint density at radius 3 is 2.53 bits per heavy atom. The van der Waals surface area contributed by atoms with Crippen LogP contribution in [0.4, 0.5) is 0 Å². The Labute approximate surface area is 313 Å². The van der Waals surface area contributed by atoms with Gasteiger partial charge in [0.2, 0.25) is 5.96 Å². The maximum atomic E-state index is 6.13. The van der Waals surface area contributed by atoms with Gasteiger partial charge >= 0.3 is 0 Å². The number of benzene rings is 1. The zero-order valence-electron chi connectivity index (χ0n) is 21.8. The number of unbranched alkanes of at least 4 members (excludes halogenated alkanes) is 1. The smallest absolute Gasteiger partial charge is 0.214 e. The van der Waals surface area contributed by atoms with Crippen LogP contribution in [-0.2, 0) is 0 Å². The predicted octanol–water partition coefficient (Wildman–Crippen LogP) is 25.7. The molecule has 2 atom stereocenters. The number of aromatic nitrogens is 1. The van der Waals surface area contributed by atoms with E-state index in [0.717, 1.165) is 45.0 Å². The molecule has 0 spiro atoms. The van der Waals surface area contributed by atoms with Crippen LogP contribution in [0.1, 0.15) is 192 Å². The number of hydrogen-bond donors (Lipinski definition) is 2. The zero-order chi connectivity index (χ0) is 24.0. The minimum absolute atomic E-state index is 0. The first kappa shape index (κ1) is 25.8. The van der Waals surface area contributed by atoms with Gasteiger partial charge in [0.05, 0.1) is 11.8 Å². The van der Waals surface area contributed by atoms with Crippen molar-refractivity contribution in [1.29, 1.82) is 0 Å². The standard InChI is InChI=1S/C26H43N5O.80H2/c1-11-12-13-17(4)20(7)29-26(27-9)31(10)30-21(8)22-15-28-23-14-18(5)25(32-16(2)3)19(6)24(22)23;;;;;;;;;;;;;;;;;;;;;;;;;;;;;;;;;;;;;;;;;;;;;;;;;;;;;;;;;;;;;;;;;;;;;;;;;;;;;;;;/h14-17,20,28H,11-13H2,1-10H3,(H,27,29);80*1H/b30-21+;;;;;;;;;;;;;;;;;;;;;;;;;;;;;;;;;;;;;;;;;;;;;;;;;;;;;;;;;;;;;;;;;;;;;;;;;;;;;;;;. The van der Waals surface area contributed by atoms with Crippen molar-refractivity contribution < 1.29 is 119 Å². The number of aromatic amines is 1. The molecular weight excluding hydrogens is 398 g/mol. The highest BCUT2D eigenvalue weighted by Gasteiger charge is 2.18. The van der Waals surface area contributed by atoms with E-state index in [-0.39, 0.29) is 120 Å². The maximum absolute atomic E-state index is 6.13. The number of hydrazone groups is 1. The van der Waals surface area contributed by atoms with E-state index in [1.54, 1.807) is 7.05 Å². The number of H-pyrrole nitrogens is 1. The maximum Gasteiger partial charge on any atom is 0.214 e. The molecule has 0 bridgehead atoms. The Bertz CT molecular complexity index is 1050. The summed E-state index contributed by atoms with van der Waals surface area (Å²) in [6.45, 7) is 17.1. The summed E-state index contributed by atoms with van der Waals surface area (Å²) in [5, 5.41) is 11.4.